The quantitative estimate of drug-likeness (QED) is 0.587. The summed E-state index contributed by atoms with van der Waals surface area (Å²) in [4.78, 5) is 0. The molecule has 1 N–H and O–H groups in total. The highest BCUT2D eigenvalue weighted by atomic mass is 16.3. The molecule has 0 aromatic rings. The van der Waals surface area contributed by atoms with E-state index in [0.717, 1.165) is 19.3 Å². The molecule has 0 saturated heterocycles. The largest absolute Gasteiger partial charge is 0.287 e. The highest BCUT2D eigenvalue weighted by Crippen LogP contribution is 2.01. The molecule has 0 bridgehead atoms. The summed E-state index contributed by atoms with van der Waals surface area (Å²) in [6.07, 6.45) is 2.71. The van der Waals surface area contributed by atoms with Crippen LogP contribution in [-0.2, 0) is 5.11 Å². The fraction of sp³-hybridized carbons (Fsp3) is 1.00. The van der Waals surface area contributed by atoms with Crippen LogP contribution in [0.2, 0.25) is 0 Å². The lowest BCUT2D eigenvalue weighted by atomic mass is 10.1. The third-order valence-electron chi connectivity index (χ3n) is 1.60. The average Bonchev–Trinajstić information content (AvgIpc) is 1.86. The van der Waals surface area contributed by atoms with Crippen molar-refractivity contribution in [3.05, 3.63) is 0 Å². The molecule has 0 aliphatic rings. The van der Waals surface area contributed by atoms with Crippen LogP contribution < -0.4 is 5.32 Å². The van der Waals surface area contributed by atoms with Gasteiger partial charge in [-0.2, -0.15) is 0 Å². The van der Waals surface area contributed by atoms with Crippen molar-refractivity contribution in [1.29, 1.82) is 0 Å². The third kappa shape index (κ3) is 4.77. The van der Waals surface area contributed by atoms with Gasteiger partial charge in [-0.1, -0.05) is 20.3 Å². The van der Waals surface area contributed by atoms with Crippen LogP contribution in [0.25, 0.3) is 0 Å². The number of nitrogens with one attached hydrogen (secondary N) is 1. The van der Waals surface area contributed by atoms with Crippen molar-refractivity contribution < 1.29 is 5.11 Å². The minimum absolute atomic E-state index is 0.428. The summed E-state index contributed by atoms with van der Waals surface area (Å²) >= 11 is 0. The molecular formula is C8H18NO. The zero-order chi connectivity index (χ0) is 7.98. The third-order valence-corrected chi connectivity index (χ3v) is 1.60. The summed E-state index contributed by atoms with van der Waals surface area (Å²) in [5, 5.41) is 13.6. The van der Waals surface area contributed by atoms with Gasteiger partial charge >= 0.3 is 0 Å². The average molecular weight is 144 g/mol. The SMILES string of the molecule is CCCC(CC)NC(C)[O]. The zero-order valence-corrected chi connectivity index (χ0v) is 7.18. The van der Waals surface area contributed by atoms with Crippen molar-refractivity contribution in [3.8, 4) is 0 Å². The predicted octanol–water partition coefficient (Wildman–Crippen LogP) is 1.93. The Morgan fingerprint density at radius 3 is 2.30 bits per heavy atom. The second-order valence-electron chi connectivity index (χ2n) is 2.70. The molecule has 0 aromatic heterocycles. The van der Waals surface area contributed by atoms with E-state index in [2.05, 4.69) is 19.2 Å². The lowest BCUT2D eigenvalue weighted by Gasteiger charge is -2.16. The molecule has 61 valence electrons. The lowest BCUT2D eigenvalue weighted by molar-refractivity contribution is 0.0620. The van der Waals surface area contributed by atoms with E-state index in [-0.39, 0.29) is 0 Å². The molecule has 0 fully saturated rings. The first-order chi connectivity index (χ1) is 4.70. The second kappa shape index (κ2) is 5.69. The molecule has 0 rings (SSSR count). The maximum Gasteiger partial charge on any atom is 0.141 e. The zero-order valence-electron chi connectivity index (χ0n) is 7.18. The Morgan fingerprint density at radius 2 is 2.00 bits per heavy atom. The van der Waals surface area contributed by atoms with Gasteiger partial charge in [-0.3, -0.25) is 5.32 Å². The second-order valence-corrected chi connectivity index (χ2v) is 2.70. The maximum atomic E-state index is 10.7. The van der Waals surface area contributed by atoms with Crippen LogP contribution in [0.4, 0.5) is 0 Å². The molecule has 2 atom stereocenters. The van der Waals surface area contributed by atoms with Gasteiger partial charge in [0.25, 0.3) is 0 Å². The molecule has 0 aliphatic heterocycles. The molecular weight excluding hydrogens is 126 g/mol. The van der Waals surface area contributed by atoms with E-state index in [1.807, 2.05) is 0 Å². The van der Waals surface area contributed by atoms with Gasteiger partial charge < -0.3 is 0 Å². The van der Waals surface area contributed by atoms with Gasteiger partial charge in [0.1, 0.15) is 6.23 Å². The van der Waals surface area contributed by atoms with E-state index >= 15 is 0 Å². The maximum absolute atomic E-state index is 10.7. The predicted molar refractivity (Wildman–Crippen MR) is 42.3 cm³/mol. The highest BCUT2D eigenvalue weighted by molar-refractivity contribution is 4.63. The molecule has 2 unspecified atom stereocenters. The monoisotopic (exact) mass is 144 g/mol. The van der Waals surface area contributed by atoms with Crippen molar-refractivity contribution in [3.63, 3.8) is 0 Å². The topological polar surface area (TPSA) is 31.9 Å². The Bertz CT molecular complexity index is 73.7. The Kier molecular flexibility index (Phi) is 5.64. The number of hydrogen-bond donors (Lipinski definition) is 1. The molecule has 0 spiro atoms. The number of rotatable bonds is 5. The van der Waals surface area contributed by atoms with Gasteiger partial charge in [0.2, 0.25) is 0 Å². The Balaban J connectivity index is 3.39. The first-order valence-electron chi connectivity index (χ1n) is 4.12. The summed E-state index contributed by atoms with van der Waals surface area (Å²) < 4.78 is 0. The van der Waals surface area contributed by atoms with E-state index < -0.39 is 6.23 Å². The molecule has 2 heteroatoms. The van der Waals surface area contributed by atoms with Crippen LogP contribution >= 0.6 is 0 Å². The molecule has 0 aliphatic carbocycles. The standard InChI is InChI=1S/C8H18NO/c1-4-6-8(5-2)9-7(3)10/h7-9H,4-6H2,1-3H3. The van der Waals surface area contributed by atoms with Crippen LogP contribution in [0, 0.1) is 0 Å². The van der Waals surface area contributed by atoms with Gasteiger partial charge in [-0.05, 0) is 19.8 Å². The lowest BCUT2D eigenvalue weighted by Crippen LogP contribution is -2.34. The van der Waals surface area contributed by atoms with E-state index in [9.17, 15) is 5.11 Å². The molecule has 2 nitrogen and oxygen atoms in total. The molecule has 10 heavy (non-hydrogen) atoms. The van der Waals surface area contributed by atoms with E-state index in [0.29, 0.717) is 6.04 Å². The number of hydrogen-bond acceptors (Lipinski definition) is 1. The van der Waals surface area contributed by atoms with Crippen LogP contribution in [0.3, 0.4) is 0 Å². The van der Waals surface area contributed by atoms with Crippen LogP contribution in [0.1, 0.15) is 40.0 Å². The fourth-order valence-corrected chi connectivity index (χ4v) is 1.09. The summed E-state index contributed by atoms with van der Waals surface area (Å²) in [5.74, 6) is 0. The molecule has 0 saturated carbocycles. The Hall–Kier alpha value is -0.0800. The highest BCUT2D eigenvalue weighted by Gasteiger charge is 2.06. The van der Waals surface area contributed by atoms with Crippen molar-refractivity contribution in [2.24, 2.45) is 0 Å². The normalized spacial score (nSPS) is 16.8. The fourth-order valence-electron chi connectivity index (χ4n) is 1.09. The van der Waals surface area contributed by atoms with Gasteiger partial charge in [-0.15, -0.1) is 0 Å². The Morgan fingerprint density at radius 1 is 1.40 bits per heavy atom. The molecule has 0 heterocycles. The molecule has 0 aromatic carbocycles. The van der Waals surface area contributed by atoms with Crippen LogP contribution in [-0.4, -0.2) is 12.3 Å². The van der Waals surface area contributed by atoms with Crippen molar-refractivity contribution >= 4 is 0 Å². The van der Waals surface area contributed by atoms with E-state index in [1.165, 1.54) is 0 Å². The van der Waals surface area contributed by atoms with E-state index in [1.54, 1.807) is 6.92 Å². The van der Waals surface area contributed by atoms with Gasteiger partial charge in [0.05, 0.1) is 0 Å². The van der Waals surface area contributed by atoms with Gasteiger partial charge in [0.15, 0.2) is 0 Å². The van der Waals surface area contributed by atoms with Crippen LogP contribution in [0.5, 0.6) is 0 Å². The summed E-state index contributed by atoms with van der Waals surface area (Å²) in [5.41, 5.74) is 0. The molecule has 0 amide bonds. The minimum Gasteiger partial charge on any atom is -0.287 e. The summed E-state index contributed by atoms with van der Waals surface area (Å²) in [6.45, 7) is 5.90. The Labute approximate surface area is 63.6 Å². The van der Waals surface area contributed by atoms with Crippen LogP contribution in [0.15, 0.2) is 0 Å². The summed E-state index contributed by atoms with van der Waals surface area (Å²) in [7, 11) is 0. The van der Waals surface area contributed by atoms with Crippen molar-refractivity contribution in [1.82, 2.24) is 5.32 Å². The first-order valence-corrected chi connectivity index (χ1v) is 4.12. The van der Waals surface area contributed by atoms with Gasteiger partial charge in [-0.25, -0.2) is 5.11 Å². The minimum atomic E-state index is -0.614. The summed E-state index contributed by atoms with van der Waals surface area (Å²) in [6, 6.07) is 0.428. The molecule has 1 radical (unpaired) electrons. The van der Waals surface area contributed by atoms with E-state index in [4.69, 9.17) is 0 Å². The van der Waals surface area contributed by atoms with Crippen molar-refractivity contribution in [2.45, 2.75) is 52.3 Å². The van der Waals surface area contributed by atoms with Gasteiger partial charge in [0, 0.05) is 6.04 Å². The first kappa shape index (κ1) is 9.92. The smallest absolute Gasteiger partial charge is 0.141 e. The van der Waals surface area contributed by atoms with Crippen molar-refractivity contribution in [2.75, 3.05) is 0 Å².